The minimum Gasteiger partial charge on any atom is -0.447 e. The van der Waals surface area contributed by atoms with Gasteiger partial charge in [-0.1, -0.05) is 18.2 Å². The Hall–Kier alpha value is -2.25. The fourth-order valence-electron chi connectivity index (χ4n) is 1.75. The predicted octanol–water partition coefficient (Wildman–Crippen LogP) is 2.11. The molecule has 0 atom stereocenters. The van der Waals surface area contributed by atoms with Crippen LogP contribution >= 0.6 is 0 Å². The molecule has 1 heterocycles. The zero-order chi connectivity index (χ0) is 14.8. The van der Waals surface area contributed by atoms with E-state index in [9.17, 15) is 22.8 Å². The van der Waals surface area contributed by atoms with Crippen LogP contribution in [-0.2, 0) is 16.0 Å². The first-order chi connectivity index (χ1) is 9.37. The van der Waals surface area contributed by atoms with E-state index in [1.807, 2.05) is 0 Å². The molecular formula is C12H10F3NO4. The lowest BCUT2D eigenvalue weighted by molar-refractivity contribution is -0.274. The molecule has 0 bridgehead atoms. The third kappa shape index (κ3) is 3.40. The summed E-state index contributed by atoms with van der Waals surface area (Å²) in [7, 11) is 0. The summed E-state index contributed by atoms with van der Waals surface area (Å²) in [5.74, 6) is -1.09. The Labute approximate surface area is 111 Å². The van der Waals surface area contributed by atoms with Gasteiger partial charge < -0.3 is 9.47 Å². The maximum atomic E-state index is 12.2. The molecule has 5 nitrogen and oxygen atoms in total. The lowest BCUT2D eigenvalue weighted by Gasteiger charge is -2.14. The van der Waals surface area contributed by atoms with Crippen molar-refractivity contribution in [3.05, 3.63) is 29.8 Å². The van der Waals surface area contributed by atoms with Gasteiger partial charge >= 0.3 is 12.5 Å². The van der Waals surface area contributed by atoms with E-state index in [1.165, 1.54) is 18.2 Å². The van der Waals surface area contributed by atoms with Crippen molar-refractivity contribution in [2.45, 2.75) is 12.8 Å². The number of para-hydroxylation sites is 1. The number of cyclic esters (lactones) is 1. The fraction of sp³-hybridized carbons (Fsp3) is 0.333. The molecule has 1 aliphatic rings. The second-order valence-corrected chi connectivity index (χ2v) is 3.99. The van der Waals surface area contributed by atoms with Gasteiger partial charge in [0.15, 0.2) is 0 Å². The number of halogens is 3. The molecule has 8 heteroatoms. The Kier molecular flexibility index (Phi) is 3.82. The lowest BCUT2D eigenvalue weighted by atomic mass is 10.1. The number of rotatable bonds is 3. The van der Waals surface area contributed by atoms with Crippen molar-refractivity contribution in [2.24, 2.45) is 0 Å². The third-order valence-electron chi connectivity index (χ3n) is 2.60. The number of nitrogens with zero attached hydrogens (tertiary/aromatic N) is 1. The number of alkyl halides is 3. The molecule has 1 fully saturated rings. The first-order valence-corrected chi connectivity index (χ1v) is 5.67. The molecule has 20 heavy (non-hydrogen) atoms. The topological polar surface area (TPSA) is 55.8 Å². The van der Waals surface area contributed by atoms with Crippen LogP contribution < -0.4 is 4.74 Å². The van der Waals surface area contributed by atoms with Gasteiger partial charge in [0.25, 0.3) is 0 Å². The summed E-state index contributed by atoms with van der Waals surface area (Å²) >= 11 is 0. The minimum atomic E-state index is -4.84. The number of benzene rings is 1. The standard InChI is InChI=1S/C12H10F3NO4/c13-12(14,15)20-9-4-2-1-3-8(9)7-10(17)16-5-6-19-11(16)18/h1-4H,5-7H2. The fourth-order valence-corrected chi connectivity index (χ4v) is 1.75. The van der Waals surface area contributed by atoms with Crippen LogP contribution in [0.15, 0.2) is 24.3 Å². The van der Waals surface area contributed by atoms with Crippen LogP contribution in [0.5, 0.6) is 5.75 Å². The van der Waals surface area contributed by atoms with E-state index >= 15 is 0 Å². The summed E-state index contributed by atoms with van der Waals surface area (Å²) in [6, 6.07) is 5.28. The molecule has 0 spiro atoms. The highest BCUT2D eigenvalue weighted by Gasteiger charge is 2.33. The number of imide groups is 1. The van der Waals surface area contributed by atoms with Crippen LogP contribution in [0.1, 0.15) is 5.56 Å². The van der Waals surface area contributed by atoms with Gasteiger partial charge in [0.2, 0.25) is 5.91 Å². The molecule has 1 aromatic carbocycles. The minimum absolute atomic E-state index is 0.0505. The summed E-state index contributed by atoms with van der Waals surface area (Å²) < 4.78 is 45.1. The molecule has 1 saturated heterocycles. The maximum absolute atomic E-state index is 12.2. The number of ether oxygens (including phenoxy) is 2. The molecule has 0 aliphatic carbocycles. The Morgan fingerprint density at radius 3 is 2.65 bits per heavy atom. The van der Waals surface area contributed by atoms with E-state index in [1.54, 1.807) is 0 Å². The molecule has 0 radical (unpaired) electrons. The van der Waals surface area contributed by atoms with Crippen LogP contribution in [0.25, 0.3) is 0 Å². The van der Waals surface area contributed by atoms with Crippen LogP contribution in [-0.4, -0.2) is 36.4 Å². The van der Waals surface area contributed by atoms with Gasteiger partial charge in [0, 0.05) is 5.56 Å². The van der Waals surface area contributed by atoms with Crippen molar-refractivity contribution < 1.29 is 32.2 Å². The number of carbonyl (C=O) groups excluding carboxylic acids is 2. The van der Waals surface area contributed by atoms with Crippen LogP contribution in [0.3, 0.4) is 0 Å². The van der Waals surface area contributed by atoms with Crippen molar-refractivity contribution in [2.75, 3.05) is 13.2 Å². The van der Waals surface area contributed by atoms with Gasteiger partial charge in [-0.15, -0.1) is 13.2 Å². The van der Waals surface area contributed by atoms with Gasteiger partial charge in [0.05, 0.1) is 13.0 Å². The van der Waals surface area contributed by atoms with Crippen molar-refractivity contribution in [1.82, 2.24) is 4.90 Å². The average Bonchev–Trinajstić information content (AvgIpc) is 2.76. The van der Waals surface area contributed by atoms with Gasteiger partial charge in [-0.25, -0.2) is 9.69 Å². The first-order valence-electron chi connectivity index (χ1n) is 5.67. The monoisotopic (exact) mass is 289 g/mol. The quantitative estimate of drug-likeness (QED) is 0.855. The van der Waals surface area contributed by atoms with E-state index in [4.69, 9.17) is 0 Å². The zero-order valence-electron chi connectivity index (χ0n) is 10.1. The SMILES string of the molecule is O=C(Cc1ccccc1OC(F)(F)F)N1CCOC1=O. The Morgan fingerprint density at radius 1 is 1.35 bits per heavy atom. The van der Waals surface area contributed by atoms with E-state index < -0.39 is 24.1 Å². The van der Waals surface area contributed by atoms with E-state index in [2.05, 4.69) is 9.47 Å². The third-order valence-corrected chi connectivity index (χ3v) is 2.60. The number of hydrogen-bond acceptors (Lipinski definition) is 4. The van der Waals surface area contributed by atoms with Crippen LogP contribution in [0, 0.1) is 0 Å². The molecule has 108 valence electrons. The van der Waals surface area contributed by atoms with Crippen molar-refractivity contribution in [1.29, 1.82) is 0 Å². The number of hydrogen-bond donors (Lipinski definition) is 0. The summed E-state index contributed by atoms with van der Waals surface area (Å²) in [6.45, 7) is 0.186. The Bertz CT molecular complexity index is 530. The highest BCUT2D eigenvalue weighted by atomic mass is 19.4. The van der Waals surface area contributed by atoms with Crippen molar-refractivity contribution in [3.63, 3.8) is 0 Å². The van der Waals surface area contributed by atoms with Gasteiger partial charge in [0.1, 0.15) is 12.4 Å². The largest absolute Gasteiger partial charge is 0.573 e. The molecule has 0 N–H and O–H groups in total. The zero-order valence-corrected chi connectivity index (χ0v) is 10.1. The van der Waals surface area contributed by atoms with Gasteiger partial charge in [-0.3, -0.25) is 4.79 Å². The molecule has 0 aromatic heterocycles. The van der Waals surface area contributed by atoms with Crippen molar-refractivity contribution >= 4 is 12.0 Å². The maximum Gasteiger partial charge on any atom is 0.573 e. The Balaban J connectivity index is 2.13. The van der Waals surface area contributed by atoms with Crippen molar-refractivity contribution in [3.8, 4) is 5.75 Å². The summed E-state index contributed by atoms with van der Waals surface area (Å²) in [4.78, 5) is 23.9. The summed E-state index contributed by atoms with van der Waals surface area (Å²) in [6.07, 6.45) is -6.00. The molecule has 2 rings (SSSR count). The Morgan fingerprint density at radius 2 is 2.05 bits per heavy atom. The number of carbonyl (C=O) groups is 2. The van der Waals surface area contributed by atoms with Gasteiger partial charge in [-0.05, 0) is 6.07 Å². The molecule has 0 unspecified atom stereocenters. The molecule has 2 amide bonds. The second kappa shape index (κ2) is 5.40. The summed E-state index contributed by atoms with van der Waals surface area (Å²) in [5, 5.41) is 0. The second-order valence-electron chi connectivity index (χ2n) is 3.99. The first kappa shape index (κ1) is 14.2. The normalized spacial score (nSPS) is 15.2. The molecular weight excluding hydrogens is 279 g/mol. The predicted molar refractivity (Wildman–Crippen MR) is 59.9 cm³/mol. The molecule has 0 saturated carbocycles. The molecule has 1 aliphatic heterocycles. The van der Waals surface area contributed by atoms with Crippen LogP contribution in [0.4, 0.5) is 18.0 Å². The highest BCUT2D eigenvalue weighted by molar-refractivity contribution is 5.94. The van der Waals surface area contributed by atoms with Crippen LogP contribution in [0.2, 0.25) is 0 Å². The number of amides is 2. The van der Waals surface area contributed by atoms with E-state index in [0.717, 1.165) is 11.0 Å². The average molecular weight is 289 g/mol. The molecule has 1 aromatic rings. The van der Waals surface area contributed by atoms with E-state index in [-0.39, 0.29) is 25.1 Å². The van der Waals surface area contributed by atoms with E-state index in [0.29, 0.717) is 0 Å². The highest BCUT2D eigenvalue weighted by Crippen LogP contribution is 2.27. The summed E-state index contributed by atoms with van der Waals surface area (Å²) in [5.41, 5.74) is 0.0505. The smallest absolute Gasteiger partial charge is 0.447 e. The van der Waals surface area contributed by atoms with Gasteiger partial charge in [-0.2, -0.15) is 0 Å². The lowest BCUT2D eigenvalue weighted by Crippen LogP contribution is -2.33.